The van der Waals surface area contributed by atoms with E-state index in [0.717, 1.165) is 5.56 Å². The molecule has 1 rings (SSSR count). The number of hydrogen-bond donors (Lipinski definition) is 2. The zero-order chi connectivity index (χ0) is 17.4. The van der Waals surface area contributed by atoms with Crippen molar-refractivity contribution in [2.24, 2.45) is 21.7 Å². The SMILES string of the molecule is CCOc1cc(/C=N\N=C(N)N)ccc1O[C@@H](C)C(=O)N(C)C. The van der Waals surface area contributed by atoms with Crippen molar-refractivity contribution in [1.82, 2.24) is 4.90 Å². The van der Waals surface area contributed by atoms with Crippen molar-refractivity contribution >= 4 is 18.1 Å². The van der Waals surface area contributed by atoms with Gasteiger partial charge in [0.1, 0.15) is 0 Å². The third-order valence-corrected chi connectivity index (χ3v) is 2.74. The van der Waals surface area contributed by atoms with E-state index in [1.165, 1.54) is 11.1 Å². The molecule has 1 atom stereocenters. The first kappa shape index (κ1) is 18.3. The number of carbonyl (C=O) groups excluding carboxylic acids is 1. The molecule has 0 unspecified atom stereocenters. The lowest BCUT2D eigenvalue weighted by Crippen LogP contribution is -2.35. The van der Waals surface area contributed by atoms with Crippen LogP contribution in [0.25, 0.3) is 0 Å². The molecule has 0 saturated carbocycles. The van der Waals surface area contributed by atoms with Gasteiger partial charge in [0.2, 0.25) is 5.96 Å². The second-order valence-electron chi connectivity index (χ2n) is 4.90. The van der Waals surface area contributed by atoms with Crippen LogP contribution >= 0.6 is 0 Å². The summed E-state index contributed by atoms with van der Waals surface area (Å²) in [4.78, 5) is 13.4. The molecule has 0 heterocycles. The minimum atomic E-state index is -0.620. The Labute approximate surface area is 135 Å². The molecule has 0 bridgehead atoms. The summed E-state index contributed by atoms with van der Waals surface area (Å²) in [5, 5.41) is 7.27. The Hall–Kier alpha value is -2.77. The summed E-state index contributed by atoms with van der Waals surface area (Å²) in [7, 11) is 3.35. The summed E-state index contributed by atoms with van der Waals surface area (Å²) >= 11 is 0. The van der Waals surface area contributed by atoms with Crippen LogP contribution in [0.5, 0.6) is 11.5 Å². The van der Waals surface area contributed by atoms with Crippen LogP contribution < -0.4 is 20.9 Å². The second kappa shape index (κ2) is 8.62. The summed E-state index contributed by atoms with van der Waals surface area (Å²) < 4.78 is 11.2. The molecule has 23 heavy (non-hydrogen) atoms. The van der Waals surface area contributed by atoms with Crippen molar-refractivity contribution in [3.8, 4) is 11.5 Å². The van der Waals surface area contributed by atoms with E-state index >= 15 is 0 Å². The van der Waals surface area contributed by atoms with Crippen LogP contribution in [0.15, 0.2) is 28.4 Å². The van der Waals surface area contributed by atoms with Crippen LogP contribution in [0.1, 0.15) is 19.4 Å². The van der Waals surface area contributed by atoms with Gasteiger partial charge in [-0.2, -0.15) is 5.10 Å². The lowest BCUT2D eigenvalue weighted by Gasteiger charge is -2.20. The molecule has 8 nitrogen and oxygen atoms in total. The van der Waals surface area contributed by atoms with Crippen LogP contribution in [0.4, 0.5) is 0 Å². The van der Waals surface area contributed by atoms with Gasteiger partial charge in [-0.25, -0.2) is 0 Å². The smallest absolute Gasteiger partial charge is 0.262 e. The minimum Gasteiger partial charge on any atom is -0.490 e. The number of guanidine groups is 1. The molecule has 1 amide bonds. The van der Waals surface area contributed by atoms with Crippen molar-refractivity contribution in [3.63, 3.8) is 0 Å². The number of nitrogens with zero attached hydrogens (tertiary/aromatic N) is 3. The van der Waals surface area contributed by atoms with Crippen LogP contribution in [-0.2, 0) is 4.79 Å². The number of likely N-dealkylation sites (N-methyl/N-ethyl adjacent to an activating group) is 1. The number of benzene rings is 1. The topological polar surface area (TPSA) is 116 Å². The van der Waals surface area contributed by atoms with Crippen molar-refractivity contribution in [3.05, 3.63) is 23.8 Å². The lowest BCUT2D eigenvalue weighted by molar-refractivity contribution is -0.135. The number of nitrogens with two attached hydrogens (primary N) is 2. The summed E-state index contributed by atoms with van der Waals surface area (Å²) in [6.07, 6.45) is 0.866. The second-order valence-corrected chi connectivity index (χ2v) is 4.90. The molecule has 0 aromatic heterocycles. The van der Waals surface area contributed by atoms with E-state index < -0.39 is 6.10 Å². The Bertz CT molecular complexity index is 595. The van der Waals surface area contributed by atoms with Gasteiger partial charge >= 0.3 is 0 Å². The van der Waals surface area contributed by atoms with Crippen LogP contribution in [0, 0.1) is 0 Å². The van der Waals surface area contributed by atoms with E-state index in [9.17, 15) is 4.79 Å². The molecule has 8 heteroatoms. The van der Waals surface area contributed by atoms with Gasteiger partial charge in [0, 0.05) is 14.1 Å². The number of rotatable bonds is 7. The third kappa shape index (κ3) is 5.85. The van der Waals surface area contributed by atoms with E-state index in [-0.39, 0.29) is 11.9 Å². The standard InChI is InChI=1S/C15H23N5O3/c1-5-22-13-8-11(9-18-19-15(16)17)6-7-12(13)23-10(2)14(21)20(3)4/h6-10H,5H2,1-4H3,(H4,16,17,19)/b18-9-/t10-/m0/s1. The molecule has 1 aromatic carbocycles. The molecule has 0 spiro atoms. The maximum Gasteiger partial charge on any atom is 0.262 e. The Morgan fingerprint density at radius 1 is 1.35 bits per heavy atom. The van der Waals surface area contributed by atoms with E-state index in [0.29, 0.717) is 18.1 Å². The first-order valence-electron chi connectivity index (χ1n) is 7.11. The minimum absolute atomic E-state index is 0.123. The van der Waals surface area contributed by atoms with Crippen molar-refractivity contribution in [2.75, 3.05) is 20.7 Å². The molecule has 0 aliphatic rings. The number of carbonyl (C=O) groups is 1. The van der Waals surface area contributed by atoms with Crippen LogP contribution in [0.3, 0.4) is 0 Å². The van der Waals surface area contributed by atoms with Gasteiger partial charge in [-0.15, -0.1) is 5.10 Å². The predicted molar refractivity (Wildman–Crippen MR) is 89.8 cm³/mol. The zero-order valence-electron chi connectivity index (χ0n) is 13.8. The molecule has 0 saturated heterocycles. The molecule has 126 valence electrons. The summed E-state index contributed by atoms with van der Waals surface area (Å²) in [5.74, 6) is 0.737. The molecular weight excluding hydrogens is 298 g/mol. The fraction of sp³-hybridized carbons (Fsp3) is 0.400. The molecule has 0 radical (unpaired) electrons. The summed E-state index contributed by atoms with van der Waals surface area (Å²) in [6, 6.07) is 5.20. The molecule has 0 fully saturated rings. The number of ether oxygens (including phenoxy) is 2. The first-order valence-corrected chi connectivity index (χ1v) is 7.11. The van der Waals surface area contributed by atoms with Gasteiger partial charge in [0.05, 0.1) is 12.8 Å². The van der Waals surface area contributed by atoms with Crippen molar-refractivity contribution in [1.29, 1.82) is 0 Å². The van der Waals surface area contributed by atoms with E-state index in [4.69, 9.17) is 20.9 Å². The maximum atomic E-state index is 11.9. The van der Waals surface area contributed by atoms with Crippen molar-refractivity contribution < 1.29 is 14.3 Å². The summed E-state index contributed by atoms with van der Waals surface area (Å²) in [5.41, 5.74) is 11.1. The maximum absolute atomic E-state index is 11.9. The Morgan fingerprint density at radius 3 is 2.61 bits per heavy atom. The Kier molecular flexibility index (Phi) is 6.85. The summed E-state index contributed by atoms with van der Waals surface area (Å²) in [6.45, 7) is 4.01. The third-order valence-electron chi connectivity index (χ3n) is 2.74. The largest absolute Gasteiger partial charge is 0.490 e. The van der Waals surface area contributed by atoms with Gasteiger partial charge in [-0.1, -0.05) is 0 Å². The zero-order valence-corrected chi connectivity index (χ0v) is 13.8. The van der Waals surface area contributed by atoms with Gasteiger partial charge in [0.15, 0.2) is 17.6 Å². The highest BCUT2D eigenvalue weighted by molar-refractivity contribution is 5.83. The average molecular weight is 321 g/mol. The highest BCUT2D eigenvalue weighted by Gasteiger charge is 2.18. The molecule has 4 N–H and O–H groups in total. The fourth-order valence-electron chi connectivity index (χ4n) is 1.74. The van der Waals surface area contributed by atoms with Gasteiger partial charge < -0.3 is 25.8 Å². The van der Waals surface area contributed by atoms with E-state index in [1.807, 2.05) is 6.92 Å². The lowest BCUT2D eigenvalue weighted by atomic mass is 10.2. The normalized spacial score (nSPS) is 11.8. The quantitative estimate of drug-likeness (QED) is 0.432. The van der Waals surface area contributed by atoms with Crippen molar-refractivity contribution in [2.45, 2.75) is 20.0 Å². The predicted octanol–water partition coefficient (Wildman–Crippen LogP) is 0.548. The fourth-order valence-corrected chi connectivity index (χ4v) is 1.74. The first-order chi connectivity index (χ1) is 10.8. The van der Waals surface area contributed by atoms with Crippen LogP contribution in [0.2, 0.25) is 0 Å². The monoisotopic (exact) mass is 321 g/mol. The molecule has 0 aliphatic carbocycles. The molecular formula is C15H23N5O3. The van der Waals surface area contributed by atoms with Gasteiger partial charge in [0.25, 0.3) is 5.91 Å². The average Bonchev–Trinajstić information content (AvgIpc) is 2.48. The Balaban J connectivity index is 2.98. The number of hydrogen-bond acceptors (Lipinski definition) is 5. The molecule has 1 aromatic rings. The van der Waals surface area contributed by atoms with Gasteiger partial charge in [-0.3, -0.25) is 4.79 Å². The Morgan fingerprint density at radius 2 is 2.04 bits per heavy atom. The number of amides is 1. The van der Waals surface area contributed by atoms with Gasteiger partial charge in [-0.05, 0) is 37.6 Å². The van der Waals surface area contributed by atoms with E-state index in [1.54, 1.807) is 39.2 Å². The van der Waals surface area contributed by atoms with E-state index in [2.05, 4.69) is 10.2 Å². The highest BCUT2D eigenvalue weighted by atomic mass is 16.5. The molecule has 0 aliphatic heterocycles. The highest BCUT2D eigenvalue weighted by Crippen LogP contribution is 2.29. The van der Waals surface area contributed by atoms with Crippen LogP contribution in [-0.4, -0.2) is 49.8 Å².